The van der Waals surface area contributed by atoms with Crippen LogP contribution < -0.4 is 4.90 Å². The van der Waals surface area contributed by atoms with Gasteiger partial charge in [0, 0.05) is 55.5 Å². The number of aryl methyl sites for hydroxylation is 1. The molecular formula is C24H22F2N6O. The molecule has 1 amide bonds. The van der Waals surface area contributed by atoms with Crippen LogP contribution in [0, 0.1) is 18.6 Å². The third-order valence-corrected chi connectivity index (χ3v) is 5.90. The van der Waals surface area contributed by atoms with Crippen molar-refractivity contribution in [2.24, 2.45) is 0 Å². The van der Waals surface area contributed by atoms with E-state index in [2.05, 4.69) is 32.1 Å². The highest BCUT2D eigenvalue weighted by Gasteiger charge is 2.27. The lowest BCUT2D eigenvalue weighted by Gasteiger charge is -2.37. The lowest BCUT2D eigenvalue weighted by atomic mass is 10.0. The van der Waals surface area contributed by atoms with Crippen LogP contribution in [0.15, 0.2) is 54.9 Å². The van der Waals surface area contributed by atoms with Crippen LogP contribution in [0.1, 0.15) is 27.2 Å². The van der Waals surface area contributed by atoms with Gasteiger partial charge in [-0.1, -0.05) is 30.3 Å². The zero-order chi connectivity index (χ0) is 22.9. The Balaban J connectivity index is 1.43. The Bertz CT molecular complexity index is 1300. The van der Waals surface area contributed by atoms with Crippen LogP contribution in [0.4, 0.5) is 14.6 Å². The molecule has 0 N–H and O–H groups in total. The van der Waals surface area contributed by atoms with Crippen molar-refractivity contribution in [1.29, 1.82) is 0 Å². The number of hydrogen-bond acceptors (Lipinski definition) is 5. The molecular weight excluding hydrogens is 426 g/mol. The van der Waals surface area contributed by atoms with Gasteiger partial charge in [-0.15, -0.1) is 0 Å². The van der Waals surface area contributed by atoms with Gasteiger partial charge in [-0.25, -0.2) is 13.8 Å². The largest absolute Gasteiger partial charge is 0.353 e. The summed E-state index contributed by atoms with van der Waals surface area (Å²) >= 11 is 0. The fourth-order valence-corrected chi connectivity index (χ4v) is 4.28. The normalized spacial score (nSPS) is 14.2. The van der Waals surface area contributed by atoms with Gasteiger partial charge in [-0.2, -0.15) is 14.6 Å². The topological polar surface area (TPSA) is 66.6 Å². The molecule has 0 bridgehead atoms. The number of carbonyl (C=O) groups is 1. The molecule has 1 aliphatic rings. The number of hydrogen-bond donors (Lipinski definition) is 0. The number of rotatable bonds is 4. The molecule has 5 rings (SSSR count). The van der Waals surface area contributed by atoms with E-state index in [1.165, 1.54) is 6.33 Å². The van der Waals surface area contributed by atoms with E-state index < -0.39 is 11.6 Å². The van der Waals surface area contributed by atoms with Gasteiger partial charge in [0.25, 0.3) is 11.7 Å². The van der Waals surface area contributed by atoms with Gasteiger partial charge >= 0.3 is 0 Å². The summed E-state index contributed by atoms with van der Waals surface area (Å²) in [7, 11) is 0. The summed E-state index contributed by atoms with van der Waals surface area (Å²) in [6.45, 7) is 3.89. The first-order valence-corrected chi connectivity index (χ1v) is 10.7. The van der Waals surface area contributed by atoms with E-state index in [0.717, 1.165) is 40.8 Å². The minimum Gasteiger partial charge on any atom is -0.353 e. The number of carbonyl (C=O) groups excluding carboxylic acids is 1. The predicted molar refractivity (Wildman–Crippen MR) is 119 cm³/mol. The van der Waals surface area contributed by atoms with Crippen molar-refractivity contribution in [3.8, 4) is 0 Å². The summed E-state index contributed by atoms with van der Waals surface area (Å²) in [6, 6.07) is 13.0. The standard InChI is InChI=1S/C24H22F2N6O/c1-16-21(11-17-5-3-2-4-6-17)22(32-24(29-16)27-15-28-32)30-7-9-31(10-8-30)23(33)18-12-19(25)14-20(26)13-18/h2-6,12-15H,7-11H2,1H3. The molecule has 4 aromatic rings. The van der Waals surface area contributed by atoms with Crippen molar-refractivity contribution < 1.29 is 13.6 Å². The number of nitrogens with zero attached hydrogens (tertiary/aromatic N) is 6. The smallest absolute Gasteiger partial charge is 0.254 e. The Hall–Kier alpha value is -3.88. The Labute approximate surface area is 189 Å². The summed E-state index contributed by atoms with van der Waals surface area (Å²) in [4.78, 5) is 25.5. The third-order valence-electron chi connectivity index (χ3n) is 5.90. The van der Waals surface area contributed by atoms with Crippen LogP contribution in [0.25, 0.3) is 5.78 Å². The molecule has 1 aliphatic heterocycles. The van der Waals surface area contributed by atoms with Gasteiger partial charge in [0.15, 0.2) is 0 Å². The van der Waals surface area contributed by atoms with Gasteiger partial charge < -0.3 is 9.80 Å². The summed E-state index contributed by atoms with van der Waals surface area (Å²) < 4.78 is 28.9. The highest BCUT2D eigenvalue weighted by atomic mass is 19.1. The molecule has 1 saturated heterocycles. The Kier molecular flexibility index (Phi) is 5.45. The van der Waals surface area contributed by atoms with Crippen LogP contribution in [-0.4, -0.2) is 56.6 Å². The minimum absolute atomic E-state index is 0.0177. The van der Waals surface area contributed by atoms with E-state index in [4.69, 9.17) is 0 Å². The molecule has 168 valence electrons. The molecule has 2 aromatic carbocycles. The van der Waals surface area contributed by atoms with E-state index in [1.807, 2.05) is 25.1 Å². The summed E-state index contributed by atoms with van der Waals surface area (Å²) in [5.74, 6) is -0.475. The van der Waals surface area contributed by atoms with E-state index in [9.17, 15) is 13.6 Å². The first kappa shape index (κ1) is 21.0. The van der Waals surface area contributed by atoms with Crippen LogP contribution in [0.5, 0.6) is 0 Å². The quantitative estimate of drug-likeness (QED) is 0.480. The van der Waals surface area contributed by atoms with E-state index >= 15 is 0 Å². The van der Waals surface area contributed by atoms with Crippen LogP contribution in [-0.2, 0) is 6.42 Å². The van der Waals surface area contributed by atoms with E-state index in [1.54, 1.807) is 9.42 Å². The molecule has 0 saturated carbocycles. The summed E-state index contributed by atoms with van der Waals surface area (Å²) in [5.41, 5.74) is 3.10. The lowest BCUT2D eigenvalue weighted by Crippen LogP contribution is -2.49. The molecule has 0 unspecified atom stereocenters. The molecule has 3 heterocycles. The van der Waals surface area contributed by atoms with Crippen molar-refractivity contribution in [3.63, 3.8) is 0 Å². The van der Waals surface area contributed by atoms with Crippen molar-refractivity contribution in [1.82, 2.24) is 24.5 Å². The molecule has 9 heteroatoms. The molecule has 7 nitrogen and oxygen atoms in total. The van der Waals surface area contributed by atoms with Gasteiger partial charge in [-0.3, -0.25) is 4.79 Å². The van der Waals surface area contributed by atoms with Gasteiger partial charge in [0.2, 0.25) is 0 Å². The van der Waals surface area contributed by atoms with Crippen LogP contribution >= 0.6 is 0 Å². The lowest BCUT2D eigenvalue weighted by molar-refractivity contribution is 0.0745. The van der Waals surface area contributed by atoms with Gasteiger partial charge in [0.1, 0.15) is 23.8 Å². The molecule has 2 aromatic heterocycles. The number of piperazine rings is 1. The SMILES string of the molecule is Cc1nc2ncnn2c(N2CCN(C(=O)c3cc(F)cc(F)c3)CC2)c1Cc1ccccc1. The second-order valence-electron chi connectivity index (χ2n) is 8.07. The molecule has 33 heavy (non-hydrogen) atoms. The maximum Gasteiger partial charge on any atom is 0.254 e. The molecule has 0 spiro atoms. The van der Waals surface area contributed by atoms with Crippen LogP contribution in [0.3, 0.4) is 0 Å². The first-order valence-electron chi connectivity index (χ1n) is 10.7. The zero-order valence-corrected chi connectivity index (χ0v) is 18.1. The third kappa shape index (κ3) is 4.13. The van der Waals surface area contributed by atoms with Crippen molar-refractivity contribution in [2.45, 2.75) is 13.3 Å². The van der Waals surface area contributed by atoms with Gasteiger partial charge in [0.05, 0.1) is 0 Å². The highest BCUT2D eigenvalue weighted by molar-refractivity contribution is 5.94. The maximum absolute atomic E-state index is 13.6. The first-order chi connectivity index (χ1) is 16.0. The number of benzene rings is 2. The second-order valence-corrected chi connectivity index (χ2v) is 8.07. The fourth-order valence-electron chi connectivity index (χ4n) is 4.28. The molecule has 0 radical (unpaired) electrons. The fraction of sp³-hybridized carbons (Fsp3) is 0.250. The second kappa shape index (κ2) is 8.57. The summed E-state index contributed by atoms with van der Waals surface area (Å²) in [6.07, 6.45) is 2.17. The molecule has 0 atom stereocenters. The average molecular weight is 448 g/mol. The zero-order valence-electron chi connectivity index (χ0n) is 18.1. The minimum atomic E-state index is -0.761. The van der Waals surface area contributed by atoms with Crippen molar-refractivity contribution in [2.75, 3.05) is 31.1 Å². The van der Waals surface area contributed by atoms with Crippen molar-refractivity contribution >= 4 is 17.5 Å². The molecule has 0 aliphatic carbocycles. The van der Waals surface area contributed by atoms with Crippen molar-refractivity contribution in [3.05, 3.63) is 88.9 Å². The Morgan fingerprint density at radius 3 is 2.39 bits per heavy atom. The number of fused-ring (bicyclic) bond motifs is 1. The number of anilines is 1. The Morgan fingerprint density at radius 2 is 1.70 bits per heavy atom. The number of halogens is 2. The monoisotopic (exact) mass is 448 g/mol. The average Bonchev–Trinajstić information content (AvgIpc) is 3.27. The Morgan fingerprint density at radius 1 is 1.00 bits per heavy atom. The highest BCUT2D eigenvalue weighted by Crippen LogP contribution is 2.27. The summed E-state index contributed by atoms with van der Waals surface area (Å²) in [5, 5.41) is 4.40. The van der Waals surface area contributed by atoms with E-state index in [-0.39, 0.29) is 11.5 Å². The number of aromatic nitrogens is 4. The molecule has 1 fully saturated rings. The predicted octanol–water partition coefficient (Wildman–Crippen LogP) is 3.26. The van der Waals surface area contributed by atoms with Crippen LogP contribution in [0.2, 0.25) is 0 Å². The van der Waals surface area contributed by atoms with E-state index in [0.29, 0.717) is 38.4 Å². The maximum atomic E-state index is 13.6. The van der Waals surface area contributed by atoms with Gasteiger partial charge in [-0.05, 0) is 24.6 Å². The number of amides is 1.